The Balaban J connectivity index is 0.000000676. The third-order valence-corrected chi connectivity index (χ3v) is 7.83. The lowest BCUT2D eigenvalue weighted by Gasteiger charge is -2.25. The molecule has 2 N–H and O–H groups in total. The Morgan fingerprint density at radius 1 is 1.07 bits per heavy atom. The number of nitrogens with one attached hydrogen (secondary N) is 1. The molecule has 1 aliphatic heterocycles. The van der Waals surface area contributed by atoms with Crippen molar-refractivity contribution in [1.29, 1.82) is 0 Å². The fraction of sp³-hybridized carbons (Fsp3) is 0.312. The number of hydrogen-bond acceptors (Lipinski definition) is 4. The van der Waals surface area contributed by atoms with Crippen LogP contribution in [0.5, 0.6) is 5.75 Å². The molecular weight excluding hydrogens is 668 g/mol. The molecule has 1 amide bonds. The van der Waals surface area contributed by atoms with Gasteiger partial charge in [-0.3, -0.25) is 4.79 Å². The van der Waals surface area contributed by atoms with Gasteiger partial charge in [-0.15, -0.1) is 0 Å². The number of alkyl halides is 3. The summed E-state index contributed by atoms with van der Waals surface area (Å²) in [5, 5.41) is 11.2. The Morgan fingerprint density at radius 2 is 1.75 bits per heavy atom. The van der Waals surface area contributed by atoms with Crippen LogP contribution >= 0.6 is 27.5 Å². The molecule has 12 heteroatoms. The van der Waals surface area contributed by atoms with Crippen molar-refractivity contribution in [3.05, 3.63) is 104 Å². The molecule has 0 spiro atoms. The fourth-order valence-corrected chi connectivity index (χ4v) is 5.04. The van der Waals surface area contributed by atoms with Gasteiger partial charge in [-0.05, 0) is 88.6 Å². The first-order valence-corrected chi connectivity index (χ1v) is 14.9. The number of likely N-dealkylation sites (N-methyl/N-ethyl adjacent to an activating group) is 1. The average molecular weight is 700 g/mol. The summed E-state index contributed by atoms with van der Waals surface area (Å²) in [6, 6.07) is 20.6. The van der Waals surface area contributed by atoms with E-state index in [2.05, 4.69) is 45.5 Å². The molecule has 236 valence electrons. The van der Waals surface area contributed by atoms with E-state index in [1.807, 2.05) is 31.3 Å². The summed E-state index contributed by atoms with van der Waals surface area (Å²) in [6.45, 7) is 2.52. The van der Waals surface area contributed by atoms with E-state index >= 15 is 0 Å². The number of ether oxygens (including phenoxy) is 1. The molecule has 0 aromatic heterocycles. The maximum atomic E-state index is 13.4. The number of amides is 1. The van der Waals surface area contributed by atoms with E-state index in [-0.39, 0.29) is 11.7 Å². The van der Waals surface area contributed by atoms with Gasteiger partial charge in [-0.25, -0.2) is 9.18 Å². The van der Waals surface area contributed by atoms with Gasteiger partial charge in [0.1, 0.15) is 11.6 Å². The van der Waals surface area contributed by atoms with Crippen LogP contribution in [0.1, 0.15) is 29.5 Å². The summed E-state index contributed by atoms with van der Waals surface area (Å²) in [5.41, 5.74) is 5.27. The Hall–Kier alpha value is -3.41. The van der Waals surface area contributed by atoms with E-state index < -0.39 is 12.1 Å². The maximum absolute atomic E-state index is 13.4. The number of benzene rings is 3. The van der Waals surface area contributed by atoms with E-state index in [1.54, 1.807) is 11.0 Å². The molecule has 1 aliphatic rings. The van der Waals surface area contributed by atoms with Crippen molar-refractivity contribution in [2.75, 3.05) is 33.3 Å². The first-order chi connectivity index (χ1) is 20.9. The number of carbonyl (C=O) groups is 2. The highest BCUT2D eigenvalue weighted by atomic mass is 79.9. The normalized spacial score (nSPS) is 13.2. The molecule has 1 heterocycles. The Bertz CT molecular complexity index is 1470. The standard InChI is InChI=1S/C30H31BrClFN2O2.C2HF3O2/c1-35(17-15-23-6-2-3-7-28(23)32)30(36)26-20-34-16-14-25(26)22-10-8-21(9-11-22)5-4-18-37-29-19-24(33)12-13-27(29)31;3-2(4,5)1(6)7/h2-3,6-13,19,34H,4-5,14-18,20H2,1H3;(H,6,7). The first kappa shape index (κ1) is 35.1. The fourth-order valence-electron chi connectivity index (χ4n) is 4.45. The second-order valence-electron chi connectivity index (χ2n) is 9.98. The van der Waals surface area contributed by atoms with Gasteiger partial charge >= 0.3 is 12.1 Å². The van der Waals surface area contributed by atoms with E-state index in [4.69, 9.17) is 26.2 Å². The first-order valence-electron chi connectivity index (χ1n) is 13.8. The lowest BCUT2D eigenvalue weighted by molar-refractivity contribution is -0.192. The minimum atomic E-state index is -5.08. The van der Waals surface area contributed by atoms with Crippen molar-refractivity contribution < 1.29 is 37.0 Å². The molecule has 0 aliphatic carbocycles. The molecule has 44 heavy (non-hydrogen) atoms. The van der Waals surface area contributed by atoms with Gasteiger partial charge in [0.05, 0.1) is 11.1 Å². The van der Waals surface area contributed by atoms with Gasteiger partial charge in [0.15, 0.2) is 0 Å². The molecule has 0 unspecified atom stereocenters. The second-order valence-corrected chi connectivity index (χ2v) is 11.2. The highest BCUT2D eigenvalue weighted by Crippen LogP contribution is 2.28. The monoisotopic (exact) mass is 698 g/mol. The number of aliphatic carboxylic acids is 1. The van der Waals surface area contributed by atoms with E-state index in [9.17, 15) is 22.4 Å². The van der Waals surface area contributed by atoms with E-state index in [1.165, 1.54) is 17.7 Å². The predicted octanol–water partition coefficient (Wildman–Crippen LogP) is 7.33. The highest BCUT2D eigenvalue weighted by molar-refractivity contribution is 9.10. The second kappa shape index (κ2) is 16.6. The molecular formula is C32H32BrClF4N2O4. The van der Waals surface area contributed by atoms with Crippen molar-refractivity contribution in [3.8, 4) is 5.75 Å². The average Bonchev–Trinajstić information content (AvgIpc) is 3.00. The van der Waals surface area contributed by atoms with Crippen LogP contribution < -0.4 is 10.1 Å². The van der Waals surface area contributed by atoms with Gasteiger partial charge in [-0.1, -0.05) is 54.1 Å². The van der Waals surface area contributed by atoms with Crippen LogP contribution in [0.3, 0.4) is 0 Å². The number of hydrogen-bond donors (Lipinski definition) is 2. The molecule has 3 aromatic rings. The van der Waals surface area contributed by atoms with Crippen LogP contribution in [0, 0.1) is 5.82 Å². The minimum Gasteiger partial charge on any atom is -0.492 e. The summed E-state index contributed by atoms with van der Waals surface area (Å²) in [6.07, 6.45) is -1.89. The Labute approximate surface area is 266 Å². The molecule has 0 bridgehead atoms. The predicted molar refractivity (Wildman–Crippen MR) is 165 cm³/mol. The number of halogens is 6. The summed E-state index contributed by atoms with van der Waals surface area (Å²) >= 11 is 9.67. The number of carbonyl (C=O) groups excluding carboxylic acids is 1. The van der Waals surface area contributed by atoms with Crippen LogP contribution in [0.25, 0.3) is 5.57 Å². The van der Waals surface area contributed by atoms with Gasteiger partial charge in [-0.2, -0.15) is 13.2 Å². The lowest BCUT2D eigenvalue weighted by atomic mass is 9.92. The summed E-state index contributed by atoms with van der Waals surface area (Å²) in [5.74, 6) is -2.50. The maximum Gasteiger partial charge on any atom is 0.490 e. The molecule has 0 atom stereocenters. The number of rotatable bonds is 10. The Morgan fingerprint density at radius 3 is 2.41 bits per heavy atom. The zero-order valence-electron chi connectivity index (χ0n) is 23.9. The van der Waals surface area contributed by atoms with Gasteiger partial charge < -0.3 is 20.1 Å². The van der Waals surface area contributed by atoms with Crippen LogP contribution in [0.15, 0.2) is 76.8 Å². The van der Waals surface area contributed by atoms with Crippen LogP contribution in [-0.2, 0) is 22.4 Å². The van der Waals surface area contributed by atoms with Crippen molar-refractivity contribution in [2.45, 2.75) is 31.9 Å². The van der Waals surface area contributed by atoms with E-state index in [0.717, 1.165) is 57.6 Å². The Kier molecular flexibility index (Phi) is 13.2. The van der Waals surface area contributed by atoms with E-state index in [0.29, 0.717) is 31.9 Å². The van der Waals surface area contributed by atoms with Crippen molar-refractivity contribution >= 4 is 45.0 Å². The third kappa shape index (κ3) is 10.6. The van der Waals surface area contributed by atoms with Crippen LogP contribution in [0.4, 0.5) is 17.6 Å². The zero-order chi connectivity index (χ0) is 32.3. The third-order valence-electron chi connectivity index (χ3n) is 6.80. The highest BCUT2D eigenvalue weighted by Gasteiger charge is 2.38. The summed E-state index contributed by atoms with van der Waals surface area (Å²) in [7, 11) is 1.85. The smallest absolute Gasteiger partial charge is 0.490 e. The van der Waals surface area contributed by atoms with Crippen LogP contribution in [-0.4, -0.2) is 61.3 Å². The van der Waals surface area contributed by atoms with Crippen molar-refractivity contribution in [3.63, 3.8) is 0 Å². The summed E-state index contributed by atoms with van der Waals surface area (Å²) in [4.78, 5) is 24.0. The van der Waals surface area contributed by atoms with Crippen LogP contribution in [0.2, 0.25) is 5.02 Å². The van der Waals surface area contributed by atoms with Gasteiger partial charge in [0.25, 0.3) is 5.91 Å². The minimum absolute atomic E-state index is 0.0546. The molecule has 3 aromatic carbocycles. The largest absolute Gasteiger partial charge is 0.492 e. The molecule has 0 radical (unpaired) electrons. The molecule has 0 saturated heterocycles. The number of carboxylic acids is 1. The van der Waals surface area contributed by atoms with Gasteiger partial charge in [0.2, 0.25) is 0 Å². The quantitative estimate of drug-likeness (QED) is 0.171. The van der Waals surface area contributed by atoms with Crippen molar-refractivity contribution in [1.82, 2.24) is 10.2 Å². The molecule has 6 nitrogen and oxygen atoms in total. The lowest BCUT2D eigenvalue weighted by Crippen LogP contribution is -2.36. The van der Waals surface area contributed by atoms with Crippen molar-refractivity contribution in [2.24, 2.45) is 0 Å². The topological polar surface area (TPSA) is 78.9 Å². The molecule has 4 rings (SSSR count). The number of carboxylic acid groups (broad SMARTS) is 1. The number of nitrogens with zero attached hydrogens (tertiary/aromatic N) is 1. The zero-order valence-corrected chi connectivity index (χ0v) is 26.2. The molecule has 0 saturated carbocycles. The molecule has 0 fully saturated rings. The summed E-state index contributed by atoms with van der Waals surface area (Å²) < 4.78 is 51.6. The van der Waals surface area contributed by atoms with Gasteiger partial charge in [0, 0.05) is 36.8 Å². The SMILES string of the molecule is CN(CCc1ccccc1Cl)C(=O)C1=C(c2ccc(CCCOc3cc(F)ccc3Br)cc2)CCNC1.O=C(O)C(F)(F)F. The number of aryl methyl sites for hydroxylation is 1.